The third kappa shape index (κ3) is 4.05. The van der Waals surface area contributed by atoms with Crippen LogP contribution in [0.1, 0.15) is 39.4 Å². The van der Waals surface area contributed by atoms with Crippen molar-refractivity contribution in [3.8, 4) is 0 Å². The van der Waals surface area contributed by atoms with Crippen molar-refractivity contribution in [3.05, 3.63) is 48.0 Å². The van der Waals surface area contributed by atoms with Gasteiger partial charge in [-0.1, -0.05) is 64.1 Å². The molecule has 0 spiro atoms. The highest BCUT2D eigenvalue weighted by molar-refractivity contribution is 5.83. The van der Waals surface area contributed by atoms with Crippen molar-refractivity contribution in [2.24, 2.45) is 11.8 Å². The summed E-state index contributed by atoms with van der Waals surface area (Å²) in [5.74, 6) is 0.959. The Bertz CT molecular complexity index is 577. The first-order chi connectivity index (χ1) is 9.99. The number of hydrogen-bond acceptors (Lipinski definition) is 2. The molecule has 2 rings (SSSR count). The fourth-order valence-electron chi connectivity index (χ4n) is 2.68. The van der Waals surface area contributed by atoms with E-state index in [1.807, 2.05) is 18.2 Å². The molecule has 2 aromatic rings. The normalized spacial score (nSPS) is 14.8. The summed E-state index contributed by atoms with van der Waals surface area (Å²) in [5.41, 5.74) is 0.989. The van der Waals surface area contributed by atoms with Crippen molar-refractivity contribution in [3.63, 3.8) is 0 Å². The number of nitrogens with one attached hydrogen (secondary N) is 1. The second kappa shape index (κ2) is 7.06. The maximum atomic E-state index is 10.8. The summed E-state index contributed by atoms with van der Waals surface area (Å²) in [6.45, 7) is 9.61. The van der Waals surface area contributed by atoms with Crippen molar-refractivity contribution in [1.29, 1.82) is 0 Å². The van der Waals surface area contributed by atoms with Crippen LogP contribution in [0.15, 0.2) is 42.5 Å². The van der Waals surface area contributed by atoms with Crippen LogP contribution in [-0.2, 0) is 0 Å². The Hall–Kier alpha value is -1.38. The number of aliphatic hydroxyl groups is 1. The molecule has 114 valence electrons. The lowest BCUT2D eigenvalue weighted by molar-refractivity contribution is 0.103. The van der Waals surface area contributed by atoms with Crippen LogP contribution in [-0.4, -0.2) is 17.7 Å². The van der Waals surface area contributed by atoms with E-state index < -0.39 is 6.10 Å². The molecule has 0 bridgehead atoms. The van der Waals surface area contributed by atoms with Gasteiger partial charge in [-0.3, -0.25) is 0 Å². The first-order valence-electron chi connectivity index (χ1n) is 7.89. The van der Waals surface area contributed by atoms with E-state index in [1.165, 1.54) is 10.8 Å². The summed E-state index contributed by atoms with van der Waals surface area (Å²) in [6, 6.07) is 14.6. The van der Waals surface area contributed by atoms with E-state index in [-0.39, 0.29) is 6.04 Å². The molecule has 2 nitrogen and oxygen atoms in total. The Labute approximate surface area is 128 Å². The molecule has 0 aliphatic heterocycles. The van der Waals surface area contributed by atoms with Crippen molar-refractivity contribution in [2.75, 3.05) is 6.54 Å². The number of fused-ring (bicyclic) bond motifs is 1. The number of hydrogen-bond donors (Lipinski definition) is 2. The molecular formula is C19H27NO. The van der Waals surface area contributed by atoms with Crippen molar-refractivity contribution in [1.82, 2.24) is 5.32 Å². The Kier molecular flexibility index (Phi) is 5.38. The first kappa shape index (κ1) is 16.0. The lowest BCUT2D eigenvalue weighted by Gasteiger charge is -2.29. The van der Waals surface area contributed by atoms with Crippen molar-refractivity contribution < 1.29 is 5.11 Å². The standard InChI is InChI=1S/C19H27NO/c1-13(2)12-20-18(14(3)4)19(21)17-10-9-15-7-5-6-8-16(15)11-17/h5-11,13-14,18-21H,12H2,1-4H3. The van der Waals surface area contributed by atoms with Crippen LogP contribution >= 0.6 is 0 Å². The zero-order valence-electron chi connectivity index (χ0n) is 13.5. The SMILES string of the molecule is CC(C)CNC(C(C)C)C(O)c1ccc2ccccc2c1. The van der Waals surface area contributed by atoms with E-state index in [0.29, 0.717) is 11.8 Å². The number of aliphatic hydroxyl groups excluding tert-OH is 1. The fourth-order valence-corrected chi connectivity index (χ4v) is 2.68. The van der Waals surface area contributed by atoms with E-state index >= 15 is 0 Å². The van der Waals surface area contributed by atoms with Crippen molar-refractivity contribution in [2.45, 2.75) is 39.8 Å². The molecule has 0 aliphatic carbocycles. The Morgan fingerprint density at radius 3 is 2.24 bits per heavy atom. The lowest BCUT2D eigenvalue weighted by atomic mass is 9.92. The molecule has 0 amide bonds. The molecule has 2 N–H and O–H groups in total. The van der Waals surface area contributed by atoms with Crippen LogP contribution < -0.4 is 5.32 Å². The minimum Gasteiger partial charge on any atom is -0.387 e. The average molecular weight is 285 g/mol. The third-order valence-corrected chi connectivity index (χ3v) is 3.94. The van der Waals surface area contributed by atoms with Gasteiger partial charge in [-0.2, -0.15) is 0 Å². The molecule has 0 aliphatic rings. The molecule has 0 saturated heterocycles. The van der Waals surface area contributed by atoms with Gasteiger partial charge in [0, 0.05) is 6.04 Å². The largest absolute Gasteiger partial charge is 0.387 e. The van der Waals surface area contributed by atoms with Gasteiger partial charge >= 0.3 is 0 Å². The summed E-state index contributed by atoms with van der Waals surface area (Å²) < 4.78 is 0. The van der Waals surface area contributed by atoms with Gasteiger partial charge in [-0.05, 0) is 40.8 Å². The smallest absolute Gasteiger partial charge is 0.0945 e. The van der Waals surface area contributed by atoms with Crippen LogP contribution in [0.4, 0.5) is 0 Å². The number of rotatable bonds is 6. The van der Waals surface area contributed by atoms with Crippen LogP contribution in [0.3, 0.4) is 0 Å². The molecule has 2 heteroatoms. The van der Waals surface area contributed by atoms with Crippen LogP contribution in [0.2, 0.25) is 0 Å². The molecule has 0 aromatic heterocycles. The van der Waals surface area contributed by atoms with Gasteiger partial charge in [-0.15, -0.1) is 0 Å². The van der Waals surface area contributed by atoms with E-state index in [9.17, 15) is 5.11 Å². The summed E-state index contributed by atoms with van der Waals surface area (Å²) in [5, 5.41) is 16.7. The quantitative estimate of drug-likeness (QED) is 0.836. The maximum Gasteiger partial charge on any atom is 0.0945 e. The second-order valence-electron chi connectivity index (χ2n) is 6.62. The first-order valence-corrected chi connectivity index (χ1v) is 7.89. The molecule has 2 unspecified atom stereocenters. The Morgan fingerprint density at radius 2 is 1.62 bits per heavy atom. The van der Waals surface area contributed by atoms with Crippen LogP contribution in [0.25, 0.3) is 10.8 Å². The van der Waals surface area contributed by atoms with E-state index in [0.717, 1.165) is 12.1 Å². The summed E-state index contributed by atoms with van der Waals surface area (Å²) in [4.78, 5) is 0. The summed E-state index contributed by atoms with van der Waals surface area (Å²) in [7, 11) is 0. The van der Waals surface area contributed by atoms with Gasteiger partial charge in [0.2, 0.25) is 0 Å². The monoisotopic (exact) mass is 285 g/mol. The van der Waals surface area contributed by atoms with Crippen LogP contribution in [0, 0.1) is 11.8 Å². The highest BCUT2D eigenvalue weighted by atomic mass is 16.3. The van der Waals surface area contributed by atoms with E-state index in [1.54, 1.807) is 0 Å². The average Bonchev–Trinajstić information content (AvgIpc) is 2.46. The predicted octanol–water partition coefficient (Wildman–Crippen LogP) is 4.14. The van der Waals surface area contributed by atoms with Gasteiger partial charge in [0.1, 0.15) is 0 Å². The van der Waals surface area contributed by atoms with Gasteiger partial charge in [0.15, 0.2) is 0 Å². The van der Waals surface area contributed by atoms with Gasteiger partial charge in [0.05, 0.1) is 6.10 Å². The van der Waals surface area contributed by atoms with Crippen LogP contribution in [0.5, 0.6) is 0 Å². The van der Waals surface area contributed by atoms with Gasteiger partial charge in [0.25, 0.3) is 0 Å². The highest BCUT2D eigenvalue weighted by Gasteiger charge is 2.23. The van der Waals surface area contributed by atoms with E-state index in [4.69, 9.17) is 0 Å². The molecule has 21 heavy (non-hydrogen) atoms. The fraction of sp³-hybridized carbons (Fsp3) is 0.474. The third-order valence-electron chi connectivity index (χ3n) is 3.94. The second-order valence-corrected chi connectivity index (χ2v) is 6.62. The van der Waals surface area contributed by atoms with E-state index in [2.05, 4.69) is 57.3 Å². The maximum absolute atomic E-state index is 10.8. The minimum absolute atomic E-state index is 0.0774. The molecular weight excluding hydrogens is 258 g/mol. The van der Waals surface area contributed by atoms with Gasteiger partial charge in [-0.25, -0.2) is 0 Å². The molecule has 0 saturated carbocycles. The zero-order valence-corrected chi connectivity index (χ0v) is 13.5. The zero-order chi connectivity index (χ0) is 15.4. The number of benzene rings is 2. The molecule has 0 fully saturated rings. The van der Waals surface area contributed by atoms with Gasteiger partial charge < -0.3 is 10.4 Å². The lowest BCUT2D eigenvalue weighted by Crippen LogP contribution is -2.41. The molecule has 0 heterocycles. The molecule has 2 atom stereocenters. The summed E-state index contributed by atoms with van der Waals surface area (Å²) in [6.07, 6.45) is -0.478. The Morgan fingerprint density at radius 1 is 0.952 bits per heavy atom. The predicted molar refractivity (Wildman–Crippen MR) is 90.4 cm³/mol. The Balaban J connectivity index is 2.23. The summed E-state index contributed by atoms with van der Waals surface area (Å²) >= 11 is 0. The highest BCUT2D eigenvalue weighted by Crippen LogP contribution is 2.25. The molecule has 0 radical (unpaired) electrons. The topological polar surface area (TPSA) is 32.3 Å². The van der Waals surface area contributed by atoms with Crippen molar-refractivity contribution >= 4 is 10.8 Å². The molecule has 2 aromatic carbocycles. The minimum atomic E-state index is -0.478.